The summed E-state index contributed by atoms with van der Waals surface area (Å²) in [6, 6.07) is 0. The van der Waals surface area contributed by atoms with E-state index in [-0.39, 0.29) is 43.8 Å². The molecular weight excluding hydrogens is 315 g/mol. The number of aliphatic hydroxyl groups excluding tert-OH is 1. The Labute approximate surface area is 127 Å². The Bertz CT molecular complexity index is 122. The molecule has 17 heavy (non-hydrogen) atoms. The number of rotatable bonds is 3. The minimum atomic E-state index is -1.98. The van der Waals surface area contributed by atoms with Crippen LogP contribution in [0.3, 0.4) is 0 Å². The molecule has 0 spiro atoms. The van der Waals surface area contributed by atoms with Gasteiger partial charge in [-0.15, -0.1) is 0 Å². The summed E-state index contributed by atoms with van der Waals surface area (Å²) in [5.41, 5.74) is 1.42. The minimum Gasteiger partial charge on any atom is -0.431 e. The molecule has 0 aromatic carbocycles. The molecule has 108 valence electrons. The molecule has 0 aromatic heterocycles. The Morgan fingerprint density at radius 1 is 0.824 bits per heavy atom. The van der Waals surface area contributed by atoms with Gasteiger partial charge < -0.3 is 20.9 Å². The van der Waals surface area contributed by atoms with Crippen LogP contribution in [0.15, 0.2) is 0 Å². The van der Waals surface area contributed by atoms with E-state index in [4.69, 9.17) is 5.11 Å². The van der Waals surface area contributed by atoms with Gasteiger partial charge >= 0.3 is 0 Å². The first-order chi connectivity index (χ1) is 6.24. The zero-order valence-electron chi connectivity index (χ0n) is 12.3. The maximum atomic E-state index is 10.4. The third-order valence-electron chi connectivity index (χ3n) is 2.77. The van der Waals surface area contributed by atoms with Crippen LogP contribution >= 0.6 is 0 Å². The van der Waals surface area contributed by atoms with Gasteiger partial charge in [-0.05, 0) is 23.5 Å². The standard InChI is InChI=1S/C9H22OSi.C2H6O.2H2O.Zr/c1-7(2)11(10,8(3)4)9(5)6;1-2-3;;;/h7-10H,1-6H3;3H,2H2,1H3;2*1H2;. The van der Waals surface area contributed by atoms with Gasteiger partial charge in [0.05, 0.1) is 0 Å². The zero-order valence-corrected chi connectivity index (χ0v) is 15.8. The predicted octanol–water partition coefficient (Wildman–Crippen LogP) is 1.50. The van der Waals surface area contributed by atoms with Gasteiger partial charge in [0.15, 0.2) is 8.32 Å². The largest absolute Gasteiger partial charge is 0.431 e. The molecule has 0 rings (SSSR count). The minimum absolute atomic E-state index is 0. The van der Waals surface area contributed by atoms with Crippen molar-refractivity contribution in [3.05, 3.63) is 0 Å². The van der Waals surface area contributed by atoms with Crippen molar-refractivity contribution in [3.8, 4) is 0 Å². The molecule has 0 aliphatic carbocycles. The van der Waals surface area contributed by atoms with Crippen LogP contribution in [0.4, 0.5) is 0 Å². The second kappa shape index (κ2) is 15.0. The quantitative estimate of drug-likeness (QED) is 0.755. The molecule has 0 saturated carbocycles. The molecule has 0 heterocycles. The van der Waals surface area contributed by atoms with E-state index in [1.54, 1.807) is 6.92 Å². The summed E-state index contributed by atoms with van der Waals surface area (Å²) >= 11 is 0. The Morgan fingerprint density at radius 3 is 0.941 bits per heavy atom. The van der Waals surface area contributed by atoms with Gasteiger partial charge in [-0.25, -0.2) is 0 Å². The molecule has 0 fully saturated rings. The van der Waals surface area contributed by atoms with E-state index in [1.807, 2.05) is 0 Å². The van der Waals surface area contributed by atoms with Gasteiger partial charge in [0, 0.05) is 32.8 Å². The maximum Gasteiger partial charge on any atom is 0.196 e. The average molecular weight is 348 g/mol. The predicted molar refractivity (Wildman–Crippen MR) is 73.3 cm³/mol. The smallest absolute Gasteiger partial charge is 0.196 e. The molecule has 0 unspecified atom stereocenters. The molecule has 0 aromatic rings. The monoisotopic (exact) mass is 346 g/mol. The van der Waals surface area contributed by atoms with Crippen LogP contribution in [-0.4, -0.2) is 35.8 Å². The van der Waals surface area contributed by atoms with Gasteiger partial charge in [-0.3, -0.25) is 0 Å². The van der Waals surface area contributed by atoms with Gasteiger partial charge in [0.25, 0.3) is 0 Å². The number of hydrogen-bond donors (Lipinski definition) is 2. The maximum absolute atomic E-state index is 10.4. The van der Waals surface area contributed by atoms with E-state index in [0.717, 1.165) is 0 Å². The summed E-state index contributed by atoms with van der Waals surface area (Å²) in [5, 5.41) is 7.57. The van der Waals surface area contributed by atoms with Crippen molar-refractivity contribution in [2.75, 3.05) is 6.61 Å². The van der Waals surface area contributed by atoms with Crippen LogP contribution < -0.4 is 0 Å². The number of aliphatic hydroxyl groups is 1. The Kier molecular flexibility index (Phi) is 27.1. The molecule has 0 atom stereocenters. The third-order valence-corrected chi connectivity index (χ3v) is 8.32. The summed E-state index contributed by atoms with van der Waals surface area (Å²) < 4.78 is 0. The third kappa shape index (κ3) is 10.5. The van der Waals surface area contributed by atoms with E-state index in [2.05, 4.69) is 41.5 Å². The molecule has 6 heteroatoms. The van der Waals surface area contributed by atoms with Crippen LogP contribution in [0.2, 0.25) is 16.6 Å². The molecule has 6 N–H and O–H groups in total. The summed E-state index contributed by atoms with van der Waals surface area (Å²) in [4.78, 5) is 10.4. The van der Waals surface area contributed by atoms with Crippen LogP contribution in [-0.2, 0) is 26.2 Å². The first-order valence-electron chi connectivity index (χ1n) is 5.58. The van der Waals surface area contributed by atoms with E-state index in [1.165, 1.54) is 0 Å². The number of hydrogen-bond acceptors (Lipinski definition) is 2. The zero-order chi connectivity index (χ0) is 11.9. The first kappa shape index (κ1) is 30.7. The second-order valence-electron chi connectivity index (χ2n) is 4.67. The SMILES string of the molecule is CC(C)[Si](O)(C(C)C)C(C)C.CCO.O.O.[Zr]. The van der Waals surface area contributed by atoms with Crippen molar-refractivity contribution in [1.82, 2.24) is 0 Å². The summed E-state index contributed by atoms with van der Waals surface area (Å²) in [5.74, 6) is 0. The van der Waals surface area contributed by atoms with Crippen molar-refractivity contribution in [1.29, 1.82) is 0 Å². The van der Waals surface area contributed by atoms with Crippen LogP contribution in [0.5, 0.6) is 0 Å². The Balaban J connectivity index is -0.0000000724. The molecule has 0 bridgehead atoms. The van der Waals surface area contributed by atoms with E-state index >= 15 is 0 Å². The molecule has 4 nitrogen and oxygen atoms in total. The first-order valence-corrected chi connectivity index (χ1v) is 7.76. The van der Waals surface area contributed by atoms with Gasteiger partial charge in [-0.2, -0.15) is 0 Å². The topological polar surface area (TPSA) is 103 Å². The van der Waals surface area contributed by atoms with Gasteiger partial charge in [0.1, 0.15) is 0 Å². The van der Waals surface area contributed by atoms with Crippen LogP contribution in [0.25, 0.3) is 0 Å². The van der Waals surface area contributed by atoms with Crippen molar-refractivity contribution in [2.45, 2.75) is 65.1 Å². The van der Waals surface area contributed by atoms with Crippen LogP contribution in [0, 0.1) is 0 Å². The summed E-state index contributed by atoms with van der Waals surface area (Å²) in [6.07, 6.45) is 0. The normalized spacial score (nSPS) is 9.88. The fourth-order valence-electron chi connectivity index (χ4n) is 2.00. The molecule has 0 radical (unpaired) electrons. The molecular formula is C11H32O4SiZr. The van der Waals surface area contributed by atoms with Crippen molar-refractivity contribution in [2.24, 2.45) is 0 Å². The van der Waals surface area contributed by atoms with Gasteiger partial charge in [0.2, 0.25) is 0 Å². The van der Waals surface area contributed by atoms with Gasteiger partial charge in [-0.1, -0.05) is 41.5 Å². The molecule has 0 saturated heterocycles. The second-order valence-corrected chi connectivity index (χ2v) is 9.91. The van der Waals surface area contributed by atoms with Crippen LogP contribution in [0.1, 0.15) is 48.5 Å². The Hall–Kier alpha value is 0.940. The molecule has 0 aliphatic heterocycles. The van der Waals surface area contributed by atoms with E-state index in [0.29, 0.717) is 16.6 Å². The fraction of sp³-hybridized carbons (Fsp3) is 1.00. The van der Waals surface area contributed by atoms with E-state index in [9.17, 15) is 4.80 Å². The summed E-state index contributed by atoms with van der Waals surface area (Å²) in [7, 11) is -1.98. The summed E-state index contributed by atoms with van der Waals surface area (Å²) in [6.45, 7) is 14.8. The van der Waals surface area contributed by atoms with Crippen molar-refractivity contribution in [3.63, 3.8) is 0 Å². The molecule has 0 amide bonds. The van der Waals surface area contributed by atoms with Crippen molar-refractivity contribution >= 4 is 8.32 Å². The van der Waals surface area contributed by atoms with Crippen molar-refractivity contribution < 1.29 is 47.1 Å². The molecule has 0 aliphatic rings. The van der Waals surface area contributed by atoms with E-state index < -0.39 is 8.32 Å². The average Bonchev–Trinajstić information content (AvgIpc) is 2.03. The fourth-order valence-corrected chi connectivity index (χ4v) is 6.00. The Morgan fingerprint density at radius 2 is 0.941 bits per heavy atom.